The van der Waals surface area contributed by atoms with Crippen LogP contribution < -0.4 is 10.1 Å². The van der Waals surface area contributed by atoms with Crippen LogP contribution in [0.4, 0.5) is 0 Å². The van der Waals surface area contributed by atoms with E-state index in [1.165, 1.54) is 19.3 Å². The van der Waals surface area contributed by atoms with Crippen molar-refractivity contribution in [1.29, 1.82) is 0 Å². The molecule has 192 valence electrons. The number of unbranched alkanes of at least 4 members (excludes halogenated alkanes) is 3. The third kappa shape index (κ3) is 9.17. The number of amides is 1. The Hall–Kier alpha value is -1.67. The number of rotatable bonds is 16. The van der Waals surface area contributed by atoms with E-state index in [9.17, 15) is 15.0 Å². The predicted octanol–water partition coefficient (Wildman–Crippen LogP) is 3.58. The van der Waals surface area contributed by atoms with Crippen molar-refractivity contribution in [2.24, 2.45) is 0 Å². The van der Waals surface area contributed by atoms with Gasteiger partial charge < -0.3 is 25.0 Å². The number of benzene rings is 1. The Kier molecular flexibility index (Phi) is 11.6. The van der Waals surface area contributed by atoms with Gasteiger partial charge in [-0.2, -0.15) is 0 Å². The normalized spacial score (nSPS) is 20.6. The molecule has 3 N–H and O–H groups in total. The molecule has 0 spiro atoms. The third-order valence-corrected chi connectivity index (χ3v) is 6.87. The highest BCUT2D eigenvalue weighted by Gasteiger charge is 2.29. The molecule has 7 heteroatoms. The summed E-state index contributed by atoms with van der Waals surface area (Å²) in [7, 11) is 0. The van der Waals surface area contributed by atoms with Crippen molar-refractivity contribution in [2.45, 2.75) is 95.5 Å². The van der Waals surface area contributed by atoms with Gasteiger partial charge in [0.1, 0.15) is 11.9 Å². The van der Waals surface area contributed by atoms with Crippen LogP contribution in [0.25, 0.3) is 0 Å². The summed E-state index contributed by atoms with van der Waals surface area (Å²) in [4.78, 5) is 14.8. The van der Waals surface area contributed by atoms with Crippen molar-refractivity contribution in [3.05, 3.63) is 29.8 Å². The fraction of sp³-hybridized carbons (Fsp3) is 0.741. The van der Waals surface area contributed by atoms with E-state index in [0.717, 1.165) is 63.0 Å². The second-order valence-corrected chi connectivity index (χ2v) is 9.83. The summed E-state index contributed by atoms with van der Waals surface area (Å²) in [6, 6.07) is 7.04. The molecule has 1 aromatic carbocycles. The number of nitrogens with zero attached hydrogens (tertiary/aromatic N) is 1. The van der Waals surface area contributed by atoms with E-state index < -0.39 is 12.1 Å². The van der Waals surface area contributed by atoms with E-state index in [2.05, 4.69) is 17.1 Å². The van der Waals surface area contributed by atoms with Gasteiger partial charge in [0.2, 0.25) is 5.91 Å². The van der Waals surface area contributed by atoms with Crippen molar-refractivity contribution in [1.82, 2.24) is 10.2 Å². The topological polar surface area (TPSA) is 91.3 Å². The third-order valence-electron chi connectivity index (χ3n) is 6.87. The van der Waals surface area contributed by atoms with Crippen molar-refractivity contribution in [2.75, 3.05) is 32.8 Å². The molecule has 1 saturated carbocycles. The summed E-state index contributed by atoms with van der Waals surface area (Å²) < 4.78 is 11.5. The average Bonchev–Trinajstić information content (AvgIpc) is 3.21. The number of likely N-dealkylation sites (tertiary alicyclic amines) is 1. The first kappa shape index (κ1) is 26.9. The Morgan fingerprint density at radius 3 is 2.56 bits per heavy atom. The lowest BCUT2D eigenvalue weighted by molar-refractivity contribution is -0.123. The molecule has 1 aromatic rings. The van der Waals surface area contributed by atoms with Crippen molar-refractivity contribution >= 4 is 5.91 Å². The molecule has 1 aliphatic heterocycles. The Morgan fingerprint density at radius 1 is 1.12 bits per heavy atom. The minimum Gasteiger partial charge on any atom is -0.494 e. The van der Waals surface area contributed by atoms with Crippen LogP contribution in [0.15, 0.2) is 24.3 Å². The summed E-state index contributed by atoms with van der Waals surface area (Å²) in [5, 5.41) is 24.1. The summed E-state index contributed by atoms with van der Waals surface area (Å²) in [6.45, 7) is 5.44. The zero-order valence-electron chi connectivity index (χ0n) is 20.8. The van der Waals surface area contributed by atoms with E-state index in [4.69, 9.17) is 9.47 Å². The van der Waals surface area contributed by atoms with Gasteiger partial charge in [0.05, 0.1) is 24.9 Å². The van der Waals surface area contributed by atoms with E-state index in [-0.39, 0.29) is 12.0 Å². The summed E-state index contributed by atoms with van der Waals surface area (Å²) >= 11 is 0. The number of carbonyl (C=O) groups excluding carboxylic acids is 1. The maximum atomic E-state index is 12.7. The first-order valence-electron chi connectivity index (χ1n) is 13.3. The van der Waals surface area contributed by atoms with Gasteiger partial charge in [-0.25, -0.2) is 0 Å². The molecule has 3 rings (SSSR count). The number of ether oxygens (including phenoxy) is 2. The maximum absolute atomic E-state index is 12.7. The van der Waals surface area contributed by atoms with Crippen LogP contribution in [0.1, 0.15) is 82.8 Å². The molecule has 0 bridgehead atoms. The van der Waals surface area contributed by atoms with Crippen molar-refractivity contribution in [3.8, 4) is 5.75 Å². The molecule has 0 aromatic heterocycles. The number of hydrogen-bond donors (Lipinski definition) is 3. The summed E-state index contributed by atoms with van der Waals surface area (Å²) in [6.07, 6.45) is 8.97. The second-order valence-electron chi connectivity index (χ2n) is 9.83. The quantitative estimate of drug-likeness (QED) is 0.316. The van der Waals surface area contributed by atoms with Crippen LogP contribution in [0.5, 0.6) is 5.75 Å². The van der Waals surface area contributed by atoms with Gasteiger partial charge >= 0.3 is 0 Å². The van der Waals surface area contributed by atoms with Crippen LogP contribution in [-0.4, -0.2) is 72.1 Å². The Balaban J connectivity index is 1.47. The minimum atomic E-state index is -0.831. The lowest BCUT2D eigenvalue weighted by atomic mass is 9.96. The highest BCUT2D eigenvalue weighted by molar-refractivity contribution is 5.76. The fourth-order valence-corrected chi connectivity index (χ4v) is 4.44. The molecule has 7 nitrogen and oxygen atoms in total. The van der Waals surface area contributed by atoms with Crippen LogP contribution in [-0.2, 0) is 9.53 Å². The van der Waals surface area contributed by atoms with Crippen molar-refractivity contribution in [3.63, 3.8) is 0 Å². The zero-order chi connectivity index (χ0) is 24.2. The number of carbonyl (C=O) groups is 1. The van der Waals surface area contributed by atoms with Crippen LogP contribution in [0.2, 0.25) is 0 Å². The summed E-state index contributed by atoms with van der Waals surface area (Å²) in [5.74, 6) is 0.747. The standard InChI is InChI=1S/C27H44N2O5/c1-2-3-17-33-24-13-11-21(12-14-24)27(32)25(20-29-16-15-22(30)19-29)28-26(31)10-5-4-6-18-34-23-8-7-9-23/h11-14,22-23,25,27,30,32H,2-10,15-20H2,1H3,(H,28,31)/t22-,25+,27-/m0/s1. The minimum absolute atomic E-state index is 0.0387. The molecule has 3 atom stereocenters. The molecule has 0 unspecified atom stereocenters. The van der Waals surface area contributed by atoms with Gasteiger partial charge in [0, 0.05) is 32.7 Å². The number of nitrogens with one attached hydrogen (secondary N) is 1. The molecule has 1 amide bonds. The van der Waals surface area contributed by atoms with Crippen LogP contribution in [0.3, 0.4) is 0 Å². The lowest BCUT2D eigenvalue weighted by Crippen LogP contribution is -2.47. The van der Waals surface area contributed by atoms with E-state index in [0.29, 0.717) is 32.2 Å². The van der Waals surface area contributed by atoms with Crippen molar-refractivity contribution < 1.29 is 24.5 Å². The van der Waals surface area contributed by atoms with Gasteiger partial charge in [0.25, 0.3) is 0 Å². The summed E-state index contributed by atoms with van der Waals surface area (Å²) in [5.41, 5.74) is 0.751. The Labute approximate surface area is 204 Å². The van der Waals surface area contributed by atoms with Gasteiger partial charge in [-0.1, -0.05) is 31.9 Å². The second kappa shape index (κ2) is 14.7. The molecule has 1 aliphatic carbocycles. The smallest absolute Gasteiger partial charge is 0.220 e. The maximum Gasteiger partial charge on any atom is 0.220 e. The fourth-order valence-electron chi connectivity index (χ4n) is 4.44. The largest absolute Gasteiger partial charge is 0.494 e. The highest BCUT2D eigenvalue weighted by atomic mass is 16.5. The molecule has 1 saturated heterocycles. The van der Waals surface area contributed by atoms with E-state index in [1.807, 2.05) is 24.3 Å². The van der Waals surface area contributed by atoms with Gasteiger partial charge in [-0.3, -0.25) is 9.69 Å². The van der Waals surface area contributed by atoms with Crippen LogP contribution >= 0.6 is 0 Å². The van der Waals surface area contributed by atoms with E-state index in [1.54, 1.807) is 0 Å². The molecule has 2 aliphatic rings. The molecule has 1 heterocycles. The number of aliphatic hydroxyl groups excluding tert-OH is 2. The highest BCUT2D eigenvalue weighted by Crippen LogP contribution is 2.23. The van der Waals surface area contributed by atoms with Gasteiger partial charge in [-0.15, -0.1) is 0 Å². The van der Waals surface area contributed by atoms with Crippen LogP contribution in [0, 0.1) is 0 Å². The molecule has 0 radical (unpaired) electrons. The molecule has 2 fully saturated rings. The molecular weight excluding hydrogens is 432 g/mol. The average molecular weight is 477 g/mol. The monoisotopic (exact) mass is 476 g/mol. The number of aliphatic hydroxyl groups is 2. The first-order valence-corrected chi connectivity index (χ1v) is 13.3. The lowest BCUT2D eigenvalue weighted by Gasteiger charge is -2.29. The van der Waals surface area contributed by atoms with Gasteiger partial charge in [0.15, 0.2) is 0 Å². The number of hydrogen-bond acceptors (Lipinski definition) is 6. The Morgan fingerprint density at radius 2 is 1.91 bits per heavy atom. The molecule has 34 heavy (non-hydrogen) atoms. The first-order chi connectivity index (χ1) is 16.5. The zero-order valence-corrected chi connectivity index (χ0v) is 20.8. The van der Waals surface area contributed by atoms with E-state index >= 15 is 0 Å². The Bertz CT molecular complexity index is 709. The van der Waals surface area contributed by atoms with Gasteiger partial charge in [-0.05, 0) is 62.6 Å². The molecular formula is C27H44N2O5. The number of β-amino-alcohol motifs (C(OH)–C–C–N with tert-alkyl or cyclic N) is 1. The predicted molar refractivity (Wildman–Crippen MR) is 133 cm³/mol. The SMILES string of the molecule is CCCCOc1ccc([C@H](O)[C@@H](CN2CC[C@H](O)C2)NC(=O)CCCCCOC2CCC2)cc1.